The van der Waals surface area contributed by atoms with Crippen LogP contribution in [0.25, 0.3) is 0 Å². The van der Waals surface area contributed by atoms with Crippen LogP contribution in [0.1, 0.15) is 0 Å². The van der Waals surface area contributed by atoms with Crippen LogP contribution in [0, 0.1) is 0 Å². The van der Waals surface area contributed by atoms with Crippen molar-refractivity contribution in [1.29, 1.82) is 0 Å². The molecule has 0 spiro atoms. The summed E-state index contributed by atoms with van der Waals surface area (Å²) in [6.07, 6.45) is 0. The maximum absolute atomic E-state index is 5.01. The van der Waals surface area contributed by atoms with Crippen molar-refractivity contribution in [3.05, 3.63) is 0 Å². The summed E-state index contributed by atoms with van der Waals surface area (Å²) in [4.78, 5) is 0. The average Bonchev–Trinajstić information content (AvgIpc) is 0.811. The third-order valence-electron chi connectivity index (χ3n) is 0. The van der Waals surface area contributed by atoms with Crippen molar-refractivity contribution in [1.82, 2.24) is 0 Å². The summed E-state index contributed by atoms with van der Waals surface area (Å²) in [5, 5.41) is 0. The molecule has 0 N–H and O–H groups in total. The molecule has 0 aromatic heterocycles. The predicted molar refractivity (Wildman–Crippen MR) is 45.1 cm³/mol. The van der Waals surface area contributed by atoms with E-state index in [1.165, 1.54) is 0 Å². The van der Waals surface area contributed by atoms with Crippen LogP contribution in [0.3, 0.4) is 0 Å². The summed E-state index contributed by atoms with van der Waals surface area (Å²) in [5.41, 5.74) is 0. The zero-order valence-electron chi connectivity index (χ0n) is 2.81. The Hall–Kier alpha value is 2.62. The molecule has 0 aromatic carbocycles. The first-order valence-corrected chi connectivity index (χ1v) is 13.3. The summed E-state index contributed by atoms with van der Waals surface area (Å²) in [7, 11) is 15.0. The van der Waals surface area contributed by atoms with E-state index in [1.54, 1.807) is 0 Å². The fourth-order valence-electron chi connectivity index (χ4n) is 0. The van der Waals surface area contributed by atoms with Gasteiger partial charge in [0.2, 0.25) is 0 Å². The van der Waals surface area contributed by atoms with E-state index in [1.807, 2.05) is 0 Å². The monoisotopic (exact) mass is 422 g/mol. The average molecular weight is 425 g/mol. The van der Waals surface area contributed by atoms with E-state index in [9.17, 15) is 0 Å². The fraction of sp³-hybridized carbons (Fsp3) is 0. The second kappa shape index (κ2) is 15.8. The van der Waals surface area contributed by atoms with Gasteiger partial charge in [-0.25, -0.2) is 0 Å². The maximum atomic E-state index is 5.01. The van der Waals surface area contributed by atoms with E-state index < -0.39 is 18.2 Å². The van der Waals surface area contributed by atoms with Crippen molar-refractivity contribution < 1.29 is 0 Å². The first-order chi connectivity index (χ1) is 1.73. The quantitative estimate of drug-likeness (QED) is 0.525. The van der Waals surface area contributed by atoms with Crippen LogP contribution in [-0.4, -0.2) is 18.2 Å². The Labute approximate surface area is 79.8 Å². The summed E-state index contributed by atoms with van der Waals surface area (Å²) in [6.45, 7) is 0. The van der Waals surface area contributed by atoms with Crippen molar-refractivity contribution in [2.24, 2.45) is 0 Å². The standard InChI is InChI=1S/Bi.6ClH/h;6*1H/q+3;;;;;;/p-3. The van der Waals surface area contributed by atoms with Gasteiger partial charge >= 0.3 is 43.7 Å². The molecule has 7 heavy (non-hydrogen) atoms. The molecule has 0 aromatic rings. The van der Waals surface area contributed by atoms with E-state index in [0.29, 0.717) is 0 Å². The summed E-state index contributed by atoms with van der Waals surface area (Å²) in [5.74, 6) is 0. The number of hydrogen-bond acceptors (Lipinski definition) is 0. The Bertz CT molecular complexity index is 8.90. The first kappa shape index (κ1) is 22.6. The molecule has 0 atom stereocenters. The van der Waals surface area contributed by atoms with E-state index in [4.69, 9.17) is 25.5 Å². The van der Waals surface area contributed by atoms with E-state index >= 15 is 0 Å². The van der Waals surface area contributed by atoms with E-state index in [2.05, 4.69) is 0 Å². The van der Waals surface area contributed by atoms with Gasteiger partial charge in [-0.05, 0) is 0 Å². The third kappa shape index (κ3) is 55.0. The molecule has 50 valence electrons. The van der Waals surface area contributed by atoms with Crippen molar-refractivity contribution in [3.8, 4) is 0 Å². The van der Waals surface area contributed by atoms with Crippen LogP contribution in [0.2, 0.25) is 0 Å². The molecule has 0 unspecified atom stereocenters. The zero-order valence-corrected chi connectivity index (χ0v) is 11.0. The van der Waals surface area contributed by atoms with Gasteiger partial charge in [0.05, 0.1) is 0 Å². The van der Waals surface area contributed by atoms with Gasteiger partial charge in [-0.15, -0.1) is 37.2 Å². The minimum absolute atomic E-state index is 0. The van der Waals surface area contributed by atoms with Gasteiger partial charge < -0.3 is 0 Å². The van der Waals surface area contributed by atoms with Crippen molar-refractivity contribution in [2.45, 2.75) is 0 Å². The molecule has 0 aliphatic carbocycles. The van der Waals surface area contributed by atoms with Gasteiger partial charge in [0.1, 0.15) is 0 Å². The van der Waals surface area contributed by atoms with Crippen molar-refractivity contribution >= 4 is 80.9 Å². The van der Waals surface area contributed by atoms with E-state index in [0.717, 1.165) is 0 Å². The molecule has 0 saturated heterocycles. The molecule has 0 aliphatic heterocycles. The number of halogens is 6. The Morgan fingerprint density at radius 3 is 0.714 bits per heavy atom. The van der Waals surface area contributed by atoms with Gasteiger partial charge in [-0.3, -0.25) is 0 Å². The van der Waals surface area contributed by atoms with Crippen molar-refractivity contribution in [2.75, 3.05) is 0 Å². The van der Waals surface area contributed by atoms with E-state index in [-0.39, 0.29) is 37.2 Å². The van der Waals surface area contributed by atoms with Crippen LogP contribution < -0.4 is 0 Å². The number of rotatable bonds is 0. The molecule has 7 heteroatoms. The molecule has 0 bridgehead atoms. The SMILES string of the molecule is Cl.Cl.Cl.[Cl][Bi]([Cl])[Cl]. The first-order valence-electron chi connectivity index (χ1n) is 0.507. The van der Waals surface area contributed by atoms with Crippen LogP contribution in [-0.2, 0) is 0 Å². The van der Waals surface area contributed by atoms with Gasteiger partial charge in [0.25, 0.3) is 0 Å². The topological polar surface area (TPSA) is 0 Å². The molecule has 0 rings (SSSR count). The Kier molecular flexibility index (Phi) is 51.2. The predicted octanol–water partition coefficient (Wildman–Crippen LogP) is 2.95. The molecule has 0 fully saturated rings. The van der Waals surface area contributed by atoms with Gasteiger partial charge in [0.15, 0.2) is 0 Å². The molecule has 0 amide bonds. The second-order valence-electron chi connectivity index (χ2n) is 0.192. The Morgan fingerprint density at radius 2 is 0.714 bits per heavy atom. The summed E-state index contributed by atoms with van der Waals surface area (Å²) < 4.78 is 0. The van der Waals surface area contributed by atoms with Gasteiger partial charge in [0, 0.05) is 0 Å². The third-order valence-corrected chi connectivity index (χ3v) is 0. The Balaban J connectivity index is -0.0000000150. The molecule has 0 radical (unpaired) electrons. The normalized spacial score (nSPS) is 5.14. The molecular formula is H3BiCl6. The minimum atomic E-state index is -2.18. The summed E-state index contributed by atoms with van der Waals surface area (Å²) >= 11 is -2.18. The second-order valence-corrected chi connectivity index (χ2v) is 15.1. The molecule has 0 nitrogen and oxygen atoms in total. The fourth-order valence-corrected chi connectivity index (χ4v) is 0. The van der Waals surface area contributed by atoms with Crippen LogP contribution in [0.4, 0.5) is 0 Å². The van der Waals surface area contributed by atoms with Gasteiger partial charge in [-0.2, -0.15) is 0 Å². The number of hydrogen-bond donors (Lipinski definition) is 0. The molecule has 0 heterocycles. The molecule has 0 saturated carbocycles. The molecule has 0 aliphatic rings. The molecular weight excluding hydrogens is 422 g/mol. The van der Waals surface area contributed by atoms with Crippen LogP contribution >= 0.6 is 62.8 Å². The summed E-state index contributed by atoms with van der Waals surface area (Å²) in [6, 6.07) is 0. The Morgan fingerprint density at radius 1 is 0.714 bits per heavy atom. The van der Waals surface area contributed by atoms with Crippen LogP contribution in [0.5, 0.6) is 0 Å². The zero-order chi connectivity index (χ0) is 3.58. The van der Waals surface area contributed by atoms with Gasteiger partial charge in [-0.1, -0.05) is 0 Å². The van der Waals surface area contributed by atoms with Crippen molar-refractivity contribution in [3.63, 3.8) is 0 Å². The van der Waals surface area contributed by atoms with Crippen LogP contribution in [0.15, 0.2) is 0 Å².